The Bertz CT molecular complexity index is 677. The van der Waals surface area contributed by atoms with Crippen LogP contribution in [-0.4, -0.2) is 18.2 Å². The number of rotatable bonds is 3. The van der Waals surface area contributed by atoms with Crippen LogP contribution in [-0.2, 0) is 43.9 Å². The molecular weight excluding hydrogens is 337 g/mol. The average Bonchev–Trinajstić information content (AvgIpc) is 2.91. The zero-order valence-electron chi connectivity index (χ0n) is 11.9. The van der Waals surface area contributed by atoms with Crippen molar-refractivity contribution >= 4 is 17.3 Å². The molecule has 3 rings (SSSR count). The van der Waals surface area contributed by atoms with Gasteiger partial charge in [-0.25, -0.2) is 0 Å². The summed E-state index contributed by atoms with van der Waals surface area (Å²) in [6.07, 6.45) is 0.842. The van der Waals surface area contributed by atoms with Crippen molar-refractivity contribution in [3.05, 3.63) is 65.2 Å². The van der Waals surface area contributed by atoms with Crippen molar-refractivity contribution in [3.63, 3.8) is 0 Å². The Kier molecular flexibility index (Phi) is 5.43. The van der Waals surface area contributed by atoms with Gasteiger partial charge in [-0.3, -0.25) is 5.41 Å². The van der Waals surface area contributed by atoms with E-state index in [-0.39, 0.29) is 38.6 Å². The van der Waals surface area contributed by atoms with Crippen LogP contribution in [0.3, 0.4) is 0 Å². The van der Waals surface area contributed by atoms with Crippen LogP contribution in [0.5, 0.6) is 0 Å². The predicted octanol–water partition coefficient (Wildman–Crippen LogP) is 3.52. The molecule has 0 saturated carbocycles. The molecule has 2 aromatic rings. The second-order valence-electron chi connectivity index (χ2n) is 4.62. The SMILES string of the molecule is CCOC(=N)c1c[c-]c(C2=Nc3ccccc3C2)cc1.[Y]. The summed E-state index contributed by atoms with van der Waals surface area (Å²) in [6.45, 7) is 2.37. The maximum Gasteiger partial charge on any atom is 0.168 e. The van der Waals surface area contributed by atoms with Crippen LogP contribution in [0.25, 0.3) is 0 Å². The summed E-state index contributed by atoms with van der Waals surface area (Å²) in [5, 5.41) is 7.74. The average molecular weight is 352 g/mol. The van der Waals surface area contributed by atoms with E-state index in [2.05, 4.69) is 17.1 Å². The van der Waals surface area contributed by atoms with E-state index in [1.54, 1.807) is 6.07 Å². The fourth-order valence-electron chi connectivity index (χ4n) is 2.26. The molecule has 103 valence electrons. The summed E-state index contributed by atoms with van der Waals surface area (Å²) >= 11 is 0. The molecule has 0 bridgehead atoms. The summed E-state index contributed by atoms with van der Waals surface area (Å²) in [5.74, 6) is 0.187. The third-order valence-electron chi connectivity index (χ3n) is 3.28. The molecule has 1 aliphatic rings. The number of benzene rings is 2. The molecule has 0 spiro atoms. The number of hydrogen-bond donors (Lipinski definition) is 1. The van der Waals surface area contributed by atoms with Gasteiger partial charge in [0.25, 0.3) is 0 Å². The van der Waals surface area contributed by atoms with Gasteiger partial charge in [0.05, 0.1) is 12.3 Å². The van der Waals surface area contributed by atoms with Gasteiger partial charge in [0.15, 0.2) is 5.90 Å². The van der Waals surface area contributed by atoms with Gasteiger partial charge in [0, 0.05) is 32.7 Å². The third kappa shape index (κ3) is 3.48. The monoisotopic (exact) mass is 352 g/mol. The first-order valence-electron chi connectivity index (χ1n) is 6.67. The number of fused-ring (bicyclic) bond motifs is 1. The molecule has 0 saturated heterocycles. The van der Waals surface area contributed by atoms with Gasteiger partial charge in [-0.1, -0.05) is 18.2 Å². The third-order valence-corrected chi connectivity index (χ3v) is 3.28. The molecule has 3 nitrogen and oxygen atoms in total. The van der Waals surface area contributed by atoms with Gasteiger partial charge in [-0.05, 0) is 36.2 Å². The molecule has 1 radical (unpaired) electrons. The van der Waals surface area contributed by atoms with Crippen LogP contribution < -0.4 is 0 Å². The molecule has 4 heteroatoms. The van der Waals surface area contributed by atoms with Crippen LogP contribution in [0.4, 0.5) is 5.69 Å². The molecule has 0 unspecified atom stereocenters. The van der Waals surface area contributed by atoms with Crippen molar-refractivity contribution in [1.82, 2.24) is 0 Å². The largest absolute Gasteiger partial charge is 0.485 e. The Hall–Kier alpha value is -1.32. The molecule has 0 aromatic heterocycles. The first-order chi connectivity index (χ1) is 9.78. The number of nitrogens with zero attached hydrogens (tertiary/aromatic N) is 1. The maximum atomic E-state index is 7.74. The van der Waals surface area contributed by atoms with Crippen LogP contribution in [0.15, 0.2) is 47.5 Å². The first-order valence-corrected chi connectivity index (χ1v) is 6.67. The Morgan fingerprint density at radius 1 is 1.29 bits per heavy atom. The second-order valence-corrected chi connectivity index (χ2v) is 4.62. The van der Waals surface area contributed by atoms with Crippen molar-refractivity contribution in [3.8, 4) is 0 Å². The standard InChI is InChI=1S/C17H15N2O.Y/c1-2-20-17(18)13-9-7-12(8-10-13)16-11-14-5-3-4-6-15(14)19-16;/h3-7,9-10,18H,2,11H2,1H3;/q-1;. The minimum Gasteiger partial charge on any atom is -0.485 e. The van der Waals surface area contributed by atoms with E-state index in [1.165, 1.54) is 5.56 Å². The smallest absolute Gasteiger partial charge is 0.168 e. The quantitative estimate of drug-likeness (QED) is 0.513. The molecule has 1 N–H and O–H groups in total. The van der Waals surface area contributed by atoms with E-state index < -0.39 is 0 Å². The molecule has 1 heterocycles. The van der Waals surface area contributed by atoms with Crippen molar-refractivity contribution in [2.45, 2.75) is 13.3 Å². The summed E-state index contributed by atoms with van der Waals surface area (Å²) < 4.78 is 5.18. The van der Waals surface area contributed by atoms with E-state index in [0.29, 0.717) is 6.61 Å². The molecule has 0 fully saturated rings. The minimum absolute atomic E-state index is 0. The van der Waals surface area contributed by atoms with E-state index in [1.807, 2.05) is 37.3 Å². The van der Waals surface area contributed by atoms with Crippen molar-refractivity contribution in [2.75, 3.05) is 6.61 Å². The van der Waals surface area contributed by atoms with Crippen molar-refractivity contribution < 1.29 is 37.4 Å². The van der Waals surface area contributed by atoms with Crippen molar-refractivity contribution in [1.29, 1.82) is 5.41 Å². The molecule has 0 aliphatic carbocycles. The molecule has 0 amide bonds. The topological polar surface area (TPSA) is 45.4 Å². The van der Waals surface area contributed by atoms with Crippen LogP contribution in [0.2, 0.25) is 0 Å². The predicted molar refractivity (Wildman–Crippen MR) is 80.1 cm³/mol. The van der Waals surface area contributed by atoms with Crippen LogP contribution in [0, 0.1) is 11.5 Å². The second kappa shape index (κ2) is 7.10. The first kappa shape index (κ1) is 16.1. The zero-order valence-corrected chi connectivity index (χ0v) is 14.7. The minimum atomic E-state index is 0. The molecular formula is C17H15N2OY-. The Labute approximate surface area is 149 Å². The van der Waals surface area contributed by atoms with Crippen LogP contribution in [0.1, 0.15) is 23.6 Å². The fourth-order valence-corrected chi connectivity index (χ4v) is 2.26. The van der Waals surface area contributed by atoms with Gasteiger partial charge in [0.1, 0.15) is 0 Å². The number of aliphatic imine (C=N–C) groups is 1. The summed E-state index contributed by atoms with van der Waals surface area (Å²) in [7, 11) is 0. The number of hydrogen-bond acceptors (Lipinski definition) is 3. The summed E-state index contributed by atoms with van der Waals surface area (Å²) in [5.41, 5.74) is 5.05. The van der Waals surface area contributed by atoms with E-state index in [4.69, 9.17) is 10.1 Å². The Balaban J connectivity index is 0.00000161. The van der Waals surface area contributed by atoms with Crippen molar-refractivity contribution in [2.24, 2.45) is 4.99 Å². The van der Waals surface area contributed by atoms with E-state index >= 15 is 0 Å². The maximum absolute atomic E-state index is 7.74. The Morgan fingerprint density at radius 2 is 2.10 bits per heavy atom. The normalized spacial score (nSPS) is 12.1. The molecule has 1 aliphatic heterocycles. The molecule has 2 aromatic carbocycles. The van der Waals surface area contributed by atoms with Gasteiger partial charge >= 0.3 is 0 Å². The Morgan fingerprint density at radius 3 is 2.76 bits per heavy atom. The zero-order chi connectivity index (χ0) is 13.9. The molecule has 21 heavy (non-hydrogen) atoms. The number of para-hydroxylation sites is 1. The van der Waals surface area contributed by atoms with Gasteiger partial charge in [-0.2, -0.15) is 0 Å². The summed E-state index contributed by atoms with van der Waals surface area (Å²) in [6, 6.07) is 17.0. The van der Waals surface area contributed by atoms with Crippen LogP contribution >= 0.6 is 0 Å². The fraction of sp³-hybridized carbons (Fsp3) is 0.176. The van der Waals surface area contributed by atoms with Gasteiger partial charge in [0.2, 0.25) is 0 Å². The number of ether oxygens (including phenoxy) is 1. The van der Waals surface area contributed by atoms with Gasteiger partial charge < -0.3 is 9.73 Å². The summed E-state index contributed by atoms with van der Waals surface area (Å²) in [4.78, 5) is 4.63. The van der Waals surface area contributed by atoms with E-state index in [0.717, 1.165) is 28.9 Å². The van der Waals surface area contributed by atoms with Gasteiger partial charge in [-0.15, -0.1) is 29.8 Å². The molecule has 0 atom stereocenters. The number of nitrogens with one attached hydrogen (secondary N) is 1. The van der Waals surface area contributed by atoms with E-state index in [9.17, 15) is 0 Å².